The van der Waals surface area contributed by atoms with Crippen molar-refractivity contribution in [2.24, 2.45) is 5.92 Å². The number of nitrogen functional groups attached to an aromatic ring is 1. The fraction of sp³-hybridized carbons (Fsp3) is 0.304. The lowest BCUT2D eigenvalue weighted by atomic mass is 10.1. The molecule has 3 heterocycles. The van der Waals surface area contributed by atoms with Crippen LogP contribution in [0.15, 0.2) is 61.7 Å². The van der Waals surface area contributed by atoms with Crippen molar-refractivity contribution >= 4 is 11.7 Å². The van der Waals surface area contributed by atoms with Gasteiger partial charge in [-0.3, -0.25) is 9.48 Å². The molecule has 2 N–H and O–H groups in total. The molecule has 1 fully saturated rings. The number of carbonyl (C=O) groups excluding carboxylic acids is 1. The maximum absolute atomic E-state index is 11.7. The van der Waals surface area contributed by atoms with E-state index in [1.54, 1.807) is 6.20 Å². The molecule has 160 valence electrons. The van der Waals surface area contributed by atoms with E-state index in [1.807, 2.05) is 34.0 Å². The van der Waals surface area contributed by atoms with Gasteiger partial charge in [0.05, 0.1) is 24.9 Å². The Balaban J connectivity index is 1.41. The third-order valence-electron chi connectivity index (χ3n) is 5.49. The van der Waals surface area contributed by atoms with E-state index in [1.165, 1.54) is 12.4 Å². The van der Waals surface area contributed by atoms with E-state index in [2.05, 4.69) is 33.8 Å². The van der Waals surface area contributed by atoms with Crippen molar-refractivity contribution in [1.29, 1.82) is 0 Å². The van der Waals surface area contributed by atoms with E-state index in [-0.39, 0.29) is 5.91 Å². The molecule has 0 bridgehead atoms. The molecule has 1 atom stereocenters. The molecule has 0 spiro atoms. The number of hydrogen-bond acceptors (Lipinski definition) is 6. The van der Waals surface area contributed by atoms with Gasteiger partial charge in [-0.05, 0) is 30.4 Å². The first-order valence-electron chi connectivity index (χ1n) is 10.4. The zero-order valence-corrected chi connectivity index (χ0v) is 17.4. The number of carbonyl (C=O) groups is 1. The zero-order valence-electron chi connectivity index (χ0n) is 17.4. The fourth-order valence-electron chi connectivity index (χ4n) is 3.83. The Hall–Kier alpha value is -3.68. The molecular formula is C23H26N6O2. The minimum Gasteiger partial charge on any atom is -0.477 e. The highest BCUT2D eigenvalue weighted by Crippen LogP contribution is 2.32. The molecule has 1 saturated heterocycles. The Bertz CT molecular complexity index is 1050. The molecule has 0 aliphatic carbocycles. The van der Waals surface area contributed by atoms with Crippen LogP contribution in [0.25, 0.3) is 11.1 Å². The van der Waals surface area contributed by atoms with Gasteiger partial charge in [0.1, 0.15) is 12.1 Å². The summed E-state index contributed by atoms with van der Waals surface area (Å²) >= 11 is 0. The van der Waals surface area contributed by atoms with E-state index >= 15 is 0 Å². The van der Waals surface area contributed by atoms with Crippen LogP contribution in [-0.4, -0.2) is 50.3 Å². The molecule has 8 heteroatoms. The summed E-state index contributed by atoms with van der Waals surface area (Å²) in [5, 5.41) is 4.45. The van der Waals surface area contributed by atoms with Crippen molar-refractivity contribution in [1.82, 2.24) is 24.6 Å². The lowest BCUT2D eigenvalue weighted by Crippen LogP contribution is -2.26. The monoisotopic (exact) mass is 418 g/mol. The SMILES string of the molecule is C=CC(=O)N1CCC(CCOc2ncnc(N)c2-c2cnn(Cc3ccccc3)c2)C1. The second kappa shape index (κ2) is 9.42. The second-order valence-corrected chi connectivity index (χ2v) is 7.63. The van der Waals surface area contributed by atoms with Gasteiger partial charge in [-0.15, -0.1) is 0 Å². The number of ether oxygens (including phenoxy) is 1. The molecule has 1 unspecified atom stereocenters. The maximum atomic E-state index is 11.7. The summed E-state index contributed by atoms with van der Waals surface area (Å²) in [6.45, 7) is 6.20. The maximum Gasteiger partial charge on any atom is 0.245 e. The number of benzene rings is 1. The number of likely N-dealkylation sites (tertiary alicyclic amines) is 1. The number of amides is 1. The largest absolute Gasteiger partial charge is 0.477 e. The number of aromatic nitrogens is 4. The zero-order chi connectivity index (χ0) is 21.6. The Kier molecular flexibility index (Phi) is 6.26. The van der Waals surface area contributed by atoms with Crippen molar-refractivity contribution in [2.45, 2.75) is 19.4 Å². The molecule has 3 aromatic rings. The molecule has 31 heavy (non-hydrogen) atoms. The Morgan fingerprint density at radius 2 is 2.13 bits per heavy atom. The lowest BCUT2D eigenvalue weighted by Gasteiger charge is -2.15. The molecule has 0 radical (unpaired) electrons. The van der Waals surface area contributed by atoms with Crippen LogP contribution in [0.4, 0.5) is 5.82 Å². The van der Waals surface area contributed by atoms with Crippen molar-refractivity contribution in [2.75, 3.05) is 25.4 Å². The number of anilines is 1. The van der Waals surface area contributed by atoms with Crippen molar-refractivity contribution in [3.05, 3.63) is 67.3 Å². The molecule has 1 aromatic carbocycles. The van der Waals surface area contributed by atoms with Crippen molar-refractivity contribution in [3.63, 3.8) is 0 Å². The number of hydrogen-bond donors (Lipinski definition) is 1. The van der Waals surface area contributed by atoms with Gasteiger partial charge in [0.2, 0.25) is 11.8 Å². The first-order chi connectivity index (χ1) is 15.1. The van der Waals surface area contributed by atoms with E-state index in [9.17, 15) is 4.79 Å². The third kappa shape index (κ3) is 4.91. The van der Waals surface area contributed by atoms with Crippen LogP contribution >= 0.6 is 0 Å². The first-order valence-corrected chi connectivity index (χ1v) is 10.4. The highest BCUT2D eigenvalue weighted by molar-refractivity contribution is 5.87. The third-order valence-corrected chi connectivity index (χ3v) is 5.49. The molecule has 4 rings (SSSR count). The summed E-state index contributed by atoms with van der Waals surface area (Å²) < 4.78 is 7.84. The van der Waals surface area contributed by atoms with E-state index in [0.29, 0.717) is 36.3 Å². The average molecular weight is 419 g/mol. The summed E-state index contributed by atoms with van der Waals surface area (Å²) in [4.78, 5) is 22.0. The van der Waals surface area contributed by atoms with E-state index < -0.39 is 0 Å². The smallest absolute Gasteiger partial charge is 0.245 e. The van der Waals surface area contributed by atoms with Gasteiger partial charge < -0.3 is 15.4 Å². The number of nitrogens with zero attached hydrogens (tertiary/aromatic N) is 5. The number of nitrogens with two attached hydrogens (primary N) is 1. The quantitative estimate of drug-likeness (QED) is 0.565. The molecule has 2 aromatic heterocycles. The predicted molar refractivity (Wildman–Crippen MR) is 118 cm³/mol. The molecule has 1 aliphatic heterocycles. The Morgan fingerprint density at radius 3 is 2.94 bits per heavy atom. The van der Waals surface area contributed by atoms with Gasteiger partial charge in [-0.2, -0.15) is 5.10 Å². The topological polar surface area (TPSA) is 99.2 Å². The molecular weight excluding hydrogens is 392 g/mol. The van der Waals surface area contributed by atoms with E-state index in [4.69, 9.17) is 10.5 Å². The van der Waals surface area contributed by atoms with E-state index in [0.717, 1.165) is 37.1 Å². The predicted octanol–water partition coefficient (Wildman–Crippen LogP) is 2.77. The summed E-state index contributed by atoms with van der Waals surface area (Å²) in [6.07, 6.45) is 8.24. The van der Waals surface area contributed by atoms with Crippen LogP contribution in [0.1, 0.15) is 18.4 Å². The van der Waals surface area contributed by atoms with Gasteiger partial charge in [-0.25, -0.2) is 9.97 Å². The van der Waals surface area contributed by atoms with Crippen LogP contribution in [-0.2, 0) is 11.3 Å². The van der Waals surface area contributed by atoms with Gasteiger partial charge in [0.25, 0.3) is 0 Å². The minimum absolute atomic E-state index is 0.0122. The second-order valence-electron chi connectivity index (χ2n) is 7.63. The Labute approximate surface area is 181 Å². The van der Waals surface area contributed by atoms with Gasteiger partial charge >= 0.3 is 0 Å². The summed E-state index contributed by atoms with van der Waals surface area (Å²) in [5.41, 5.74) is 8.78. The molecule has 1 amide bonds. The number of rotatable bonds is 8. The highest BCUT2D eigenvalue weighted by atomic mass is 16.5. The standard InChI is InChI=1S/C23H26N6O2/c1-2-20(30)28-10-8-18(13-28)9-11-31-23-21(22(24)25-16-26-23)19-12-27-29(15-19)14-17-6-4-3-5-7-17/h2-7,12,15-16,18H,1,8-11,13-14H2,(H2,24,25,26). The van der Waals surface area contributed by atoms with Crippen molar-refractivity contribution in [3.8, 4) is 17.0 Å². The van der Waals surface area contributed by atoms with Gasteiger partial charge in [-0.1, -0.05) is 36.9 Å². The van der Waals surface area contributed by atoms with Crippen LogP contribution in [0.5, 0.6) is 5.88 Å². The lowest BCUT2D eigenvalue weighted by molar-refractivity contribution is -0.125. The van der Waals surface area contributed by atoms with Crippen LogP contribution in [0.3, 0.4) is 0 Å². The summed E-state index contributed by atoms with van der Waals surface area (Å²) in [7, 11) is 0. The average Bonchev–Trinajstić information content (AvgIpc) is 3.44. The molecule has 0 saturated carbocycles. The van der Waals surface area contributed by atoms with Gasteiger partial charge in [0, 0.05) is 24.8 Å². The molecule has 1 aliphatic rings. The fourth-order valence-corrected chi connectivity index (χ4v) is 3.83. The summed E-state index contributed by atoms with van der Waals surface area (Å²) in [5.74, 6) is 1.19. The highest BCUT2D eigenvalue weighted by Gasteiger charge is 2.25. The van der Waals surface area contributed by atoms with Crippen LogP contribution < -0.4 is 10.5 Å². The minimum atomic E-state index is -0.0122. The normalized spacial score (nSPS) is 15.7. The summed E-state index contributed by atoms with van der Waals surface area (Å²) in [6, 6.07) is 10.1. The van der Waals surface area contributed by atoms with Crippen molar-refractivity contribution < 1.29 is 9.53 Å². The van der Waals surface area contributed by atoms with Crippen LogP contribution in [0, 0.1) is 5.92 Å². The van der Waals surface area contributed by atoms with Crippen LogP contribution in [0.2, 0.25) is 0 Å². The molecule has 8 nitrogen and oxygen atoms in total. The van der Waals surface area contributed by atoms with Gasteiger partial charge in [0.15, 0.2) is 0 Å². The first kappa shape index (κ1) is 20.6. The Morgan fingerprint density at radius 1 is 1.29 bits per heavy atom.